The molecule has 2 amide bonds. The van der Waals surface area contributed by atoms with E-state index in [1.54, 1.807) is 24.3 Å². The molecular formula is C39H37N2O7P. The number of carbonyl (C=O) groups is 4. The Bertz CT molecular complexity index is 1810. The third-order valence-corrected chi connectivity index (χ3v) is 13.2. The van der Waals surface area contributed by atoms with Gasteiger partial charge in [0.25, 0.3) is 0 Å². The number of rotatable bonds is 12. The Balaban J connectivity index is 1.55. The van der Waals surface area contributed by atoms with E-state index in [2.05, 4.69) is 6.58 Å². The van der Waals surface area contributed by atoms with Gasteiger partial charge < -0.3 is 19.5 Å². The molecule has 0 unspecified atom stereocenters. The molecule has 0 aromatic heterocycles. The average molecular weight is 677 g/mol. The molecule has 250 valence electrons. The number of cyclic esters (lactones) is 1. The highest BCUT2D eigenvalue weighted by Gasteiger charge is 2.55. The van der Waals surface area contributed by atoms with Crippen LogP contribution in [0.15, 0.2) is 128 Å². The number of ether oxygens (including phenoxy) is 2. The van der Waals surface area contributed by atoms with Crippen molar-refractivity contribution in [3.8, 4) is 0 Å². The SMILES string of the molecule is C=CCOC(=O)C(N1C(=O)[C@H]([C@@H](C)O)[C@H]1CC(=O)c1ccc(N2CCOC2=O)cc1)=P(c1ccccc1)(c1ccccc1)c1ccccc1. The molecule has 49 heavy (non-hydrogen) atoms. The number of nitrogens with zero attached hydrogens (tertiary/aromatic N) is 2. The lowest BCUT2D eigenvalue weighted by atomic mass is 9.79. The summed E-state index contributed by atoms with van der Waals surface area (Å²) in [6, 6.07) is 34.5. The van der Waals surface area contributed by atoms with Gasteiger partial charge in [0.15, 0.2) is 5.78 Å². The standard InChI is InChI=1S/C39H37N2O7P/c1-3-24-47-38(45)37(49(30-13-7-4-8-14-30,31-15-9-5-10-16-31)32-17-11-6-12-18-32)41-33(35(27(2)42)36(41)44)26-34(43)28-19-21-29(22-20-28)40-23-25-48-39(40)46/h3-22,27,33,35,42H,1,23-26H2,2H3/t27-,33-,35-/m1/s1. The van der Waals surface area contributed by atoms with Crippen LogP contribution in [-0.4, -0.2) is 71.1 Å². The lowest BCUT2D eigenvalue weighted by Gasteiger charge is -2.50. The lowest BCUT2D eigenvalue weighted by Crippen LogP contribution is -2.68. The number of amides is 2. The second kappa shape index (κ2) is 14.5. The molecule has 2 aliphatic heterocycles. The summed E-state index contributed by atoms with van der Waals surface area (Å²) in [6.07, 6.45) is -0.237. The number of benzene rings is 4. The molecule has 3 atom stereocenters. The van der Waals surface area contributed by atoms with Crippen LogP contribution in [0.1, 0.15) is 23.7 Å². The zero-order valence-electron chi connectivity index (χ0n) is 27.1. The van der Waals surface area contributed by atoms with E-state index < -0.39 is 42.9 Å². The molecule has 10 heteroatoms. The summed E-state index contributed by atoms with van der Waals surface area (Å²) in [5, 5.41) is 13.3. The van der Waals surface area contributed by atoms with Gasteiger partial charge in [-0.2, -0.15) is 0 Å². The van der Waals surface area contributed by atoms with E-state index in [-0.39, 0.29) is 24.2 Å². The first kappa shape index (κ1) is 33.7. The third kappa shape index (κ3) is 6.23. The highest BCUT2D eigenvalue weighted by atomic mass is 31.2. The quantitative estimate of drug-likeness (QED) is 0.0784. The maximum atomic E-state index is 14.6. The van der Waals surface area contributed by atoms with Crippen LogP contribution < -0.4 is 20.8 Å². The van der Waals surface area contributed by atoms with Gasteiger partial charge in [0.05, 0.1) is 24.6 Å². The molecule has 0 spiro atoms. The van der Waals surface area contributed by atoms with Crippen LogP contribution in [0.4, 0.5) is 10.5 Å². The normalized spacial score (nSPS) is 17.9. The van der Waals surface area contributed by atoms with Gasteiger partial charge in [0.1, 0.15) is 18.6 Å². The van der Waals surface area contributed by atoms with Gasteiger partial charge in [0, 0.05) is 24.6 Å². The Morgan fingerprint density at radius 3 is 1.88 bits per heavy atom. The van der Waals surface area contributed by atoms with Crippen LogP contribution in [0.2, 0.25) is 0 Å². The molecule has 0 bridgehead atoms. The summed E-state index contributed by atoms with van der Waals surface area (Å²) < 4.78 is 10.8. The molecule has 0 radical (unpaired) electrons. The minimum absolute atomic E-state index is 0.0942. The predicted octanol–water partition coefficient (Wildman–Crippen LogP) is 4.28. The van der Waals surface area contributed by atoms with E-state index in [1.165, 1.54) is 22.8 Å². The molecule has 0 aliphatic carbocycles. The number of β-lactam (4-membered cyclic amide) rings is 1. The first-order valence-corrected chi connectivity index (χ1v) is 17.9. The number of esters is 1. The molecule has 1 N–H and O–H groups in total. The Kier molecular flexibility index (Phi) is 9.95. The number of carbonyl (C=O) groups excluding carboxylic acids is 4. The van der Waals surface area contributed by atoms with Crippen molar-refractivity contribution in [2.24, 2.45) is 5.92 Å². The van der Waals surface area contributed by atoms with E-state index in [0.29, 0.717) is 24.4 Å². The van der Waals surface area contributed by atoms with Crippen LogP contribution in [0, 0.1) is 5.92 Å². The van der Waals surface area contributed by atoms with Crippen molar-refractivity contribution >= 4 is 57.7 Å². The minimum atomic E-state index is -3.18. The number of Topliss-reactive ketones (excluding diaryl/α,β-unsaturated/α-hetero) is 1. The van der Waals surface area contributed by atoms with Gasteiger partial charge in [-0.15, -0.1) is 0 Å². The average Bonchev–Trinajstić information content (AvgIpc) is 3.57. The number of likely N-dealkylation sites (tertiary alicyclic amines) is 1. The molecule has 4 aromatic rings. The Labute approximate surface area is 285 Å². The number of hydrogen-bond donors (Lipinski definition) is 1. The Morgan fingerprint density at radius 1 is 0.898 bits per heavy atom. The van der Waals surface area contributed by atoms with Crippen molar-refractivity contribution in [3.63, 3.8) is 0 Å². The molecule has 0 saturated carbocycles. The molecular weight excluding hydrogens is 639 g/mol. The van der Waals surface area contributed by atoms with Crippen molar-refractivity contribution < 1.29 is 33.8 Å². The van der Waals surface area contributed by atoms with Crippen LogP contribution in [0.25, 0.3) is 0 Å². The van der Waals surface area contributed by atoms with Crippen molar-refractivity contribution in [3.05, 3.63) is 133 Å². The molecule has 2 saturated heterocycles. The highest BCUT2D eigenvalue weighted by Crippen LogP contribution is 2.50. The summed E-state index contributed by atoms with van der Waals surface area (Å²) in [7, 11) is 0. The van der Waals surface area contributed by atoms with Gasteiger partial charge in [-0.25, -0.2) is 9.59 Å². The second-order valence-corrected chi connectivity index (χ2v) is 15.2. The topological polar surface area (TPSA) is 113 Å². The van der Waals surface area contributed by atoms with E-state index in [0.717, 1.165) is 15.9 Å². The van der Waals surface area contributed by atoms with Crippen molar-refractivity contribution in [1.29, 1.82) is 0 Å². The van der Waals surface area contributed by atoms with Gasteiger partial charge in [-0.05, 0) is 47.1 Å². The fourth-order valence-corrected chi connectivity index (χ4v) is 11.1. The summed E-state index contributed by atoms with van der Waals surface area (Å²) in [6.45, 7) is 2.66. The summed E-state index contributed by atoms with van der Waals surface area (Å²) in [5.41, 5.74) is 1.09. The smallest absolute Gasteiger partial charge is 0.414 e. The number of ketones is 1. The maximum Gasteiger partial charge on any atom is 0.414 e. The Hall–Kier alpha value is -5.24. The van der Waals surface area contributed by atoms with Crippen molar-refractivity contribution in [1.82, 2.24) is 4.90 Å². The first-order valence-electron chi connectivity index (χ1n) is 16.1. The Morgan fingerprint density at radius 2 is 1.43 bits per heavy atom. The largest absolute Gasteiger partial charge is 0.457 e. The van der Waals surface area contributed by atoms with Crippen LogP contribution in [-0.2, 0) is 19.1 Å². The minimum Gasteiger partial charge on any atom is -0.457 e. The van der Waals surface area contributed by atoms with Gasteiger partial charge in [0.2, 0.25) is 5.91 Å². The molecule has 9 nitrogen and oxygen atoms in total. The van der Waals surface area contributed by atoms with E-state index >= 15 is 0 Å². The molecule has 6 rings (SSSR count). The van der Waals surface area contributed by atoms with E-state index in [9.17, 15) is 24.3 Å². The molecule has 2 aliphatic rings. The van der Waals surface area contributed by atoms with Crippen LogP contribution in [0.3, 0.4) is 0 Å². The highest BCUT2D eigenvalue weighted by molar-refractivity contribution is 7.96. The number of aliphatic hydroxyl groups is 1. The first-order chi connectivity index (χ1) is 23.8. The van der Waals surface area contributed by atoms with Crippen LogP contribution in [0.5, 0.6) is 0 Å². The predicted molar refractivity (Wildman–Crippen MR) is 191 cm³/mol. The fraction of sp³-hybridized carbons (Fsp3) is 0.205. The molecule has 2 heterocycles. The maximum absolute atomic E-state index is 14.6. The zero-order valence-corrected chi connectivity index (χ0v) is 27.9. The third-order valence-electron chi connectivity index (χ3n) is 8.94. The van der Waals surface area contributed by atoms with Gasteiger partial charge >= 0.3 is 12.1 Å². The summed E-state index contributed by atoms with van der Waals surface area (Å²) in [5.74, 6) is -2.39. The summed E-state index contributed by atoms with van der Waals surface area (Å²) in [4.78, 5) is 57.7. The van der Waals surface area contributed by atoms with Crippen LogP contribution >= 0.6 is 6.89 Å². The zero-order chi connectivity index (χ0) is 34.5. The van der Waals surface area contributed by atoms with Gasteiger partial charge in [-0.1, -0.05) is 104 Å². The number of hydrogen-bond acceptors (Lipinski definition) is 7. The van der Waals surface area contributed by atoms with E-state index in [4.69, 9.17) is 9.47 Å². The molecule has 2 fully saturated rings. The number of aliphatic hydroxyl groups excluding tert-OH is 1. The lowest BCUT2D eigenvalue weighted by molar-refractivity contribution is -0.157. The second-order valence-electron chi connectivity index (χ2n) is 11.9. The van der Waals surface area contributed by atoms with Crippen molar-refractivity contribution in [2.45, 2.75) is 25.5 Å². The fourth-order valence-electron chi connectivity index (χ4n) is 6.70. The monoisotopic (exact) mass is 676 g/mol. The number of anilines is 1. The molecule has 4 aromatic carbocycles. The van der Waals surface area contributed by atoms with Gasteiger partial charge in [-0.3, -0.25) is 14.5 Å². The van der Waals surface area contributed by atoms with E-state index in [1.807, 2.05) is 91.0 Å². The van der Waals surface area contributed by atoms with Crippen molar-refractivity contribution in [2.75, 3.05) is 24.7 Å². The summed E-state index contributed by atoms with van der Waals surface area (Å²) >= 11 is 0.